The van der Waals surface area contributed by atoms with Gasteiger partial charge in [0.25, 0.3) is 0 Å². The molecule has 3 heteroatoms. The van der Waals surface area contributed by atoms with E-state index in [-0.39, 0.29) is 22.6 Å². The molecule has 0 spiro atoms. The first-order chi connectivity index (χ1) is 13.5. The quantitative estimate of drug-likeness (QED) is 0.528. The summed E-state index contributed by atoms with van der Waals surface area (Å²) in [7, 11) is 0. The van der Waals surface area contributed by atoms with Crippen molar-refractivity contribution >= 4 is 17.3 Å². The molecule has 2 aromatic carbocycles. The highest BCUT2D eigenvalue weighted by atomic mass is 16.2. The number of Topliss-reactive ketones (excluding diaryl/α,β-unsaturated/α-hetero) is 2. The van der Waals surface area contributed by atoms with Crippen molar-refractivity contribution in [3.8, 4) is 0 Å². The Labute approximate surface area is 166 Å². The Bertz CT molecular complexity index is 989. The highest BCUT2D eigenvalue weighted by molar-refractivity contribution is 6.39. The minimum atomic E-state index is -0.182. The van der Waals surface area contributed by atoms with Crippen LogP contribution in [0.1, 0.15) is 59.9 Å². The van der Waals surface area contributed by atoms with Crippen LogP contribution in [0.3, 0.4) is 0 Å². The summed E-state index contributed by atoms with van der Waals surface area (Å²) in [6, 6.07) is 15.5. The fraction of sp³-hybridized carbons (Fsp3) is 0.280. The van der Waals surface area contributed by atoms with E-state index in [9.17, 15) is 9.59 Å². The van der Waals surface area contributed by atoms with Crippen molar-refractivity contribution in [3.05, 3.63) is 88.6 Å². The van der Waals surface area contributed by atoms with Crippen LogP contribution >= 0.6 is 0 Å². The molecular formula is C25H25NO2. The first kappa shape index (κ1) is 18.4. The number of anilines is 1. The maximum absolute atomic E-state index is 12.7. The SMILES string of the molecule is CCCCN1/C(=C\C=C2C(=O)c3ccccc3C2=O)C(C)(C)c2ccccc21. The van der Waals surface area contributed by atoms with E-state index in [1.54, 1.807) is 30.3 Å². The van der Waals surface area contributed by atoms with Crippen molar-refractivity contribution in [1.82, 2.24) is 0 Å². The number of allylic oxidation sites excluding steroid dienone is 4. The average Bonchev–Trinajstić information content (AvgIpc) is 3.07. The summed E-state index contributed by atoms with van der Waals surface area (Å²) in [4.78, 5) is 27.8. The van der Waals surface area contributed by atoms with Crippen molar-refractivity contribution in [3.63, 3.8) is 0 Å². The Morgan fingerprint density at radius 3 is 2.14 bits per heavy atom. The van der Waals surface area contributed by atoms with Crippen LogP contribution in [0.2, 0.25) is 0 Å². The van der Waals surface area contributed by atoms with Crippen LogP contribution in [-0.4, -0.2) is 18.1 Å². The van der Waals surface area contributed by atoms with E-state index in [0.717, 1.165) is 25.1 Å². The molecule has 1 aliphatic carbocycles. The topological polar surface area (TPSA) is 37.4 Å². The van der Waals surface area contributed by atoms with E-state index in [1.165, 1.54) is 11.3 Å². The Hall–Kier alpha value is -2.94. The number of ketones is 2. The van der Waals surface area contributed by atoms with Gasteiger partial charge in [-0.15, -0.1) is 0 Å². The van der Waals surface area contributed by atoms with Gasteiger partial charge in [-0.1, -0.05) is 69.7 Å². The number of carbonyl (C=O) groups is 2. The van der Waals surface area contributed by atoms with Gasteiger partial charge in [0.05, 0.1) is 5.57 Å². The first-order valence-electron chi connectivity index (χ1n) is 9.94. The Kier molecular flexibility index (Phi) is 4.54. The van der Waals surface area contributed by atoms with E-state index in [2.05, 4.69) is 49.9 Å². The third kappa shape index (κ3) is 2.73. The maximum Gasteiger partial charge on any atom is 0.197 e. The Balaban J connectivity index is 1.77. The van der Waals surface area contributed by atoms with Crippen molar-refractivity contribution < 1.29 is 9.59 Å². The summed E-state index contributed by atoms with van der Waals surface area (Å²) in [6.07, 6.45) is 5.90. The van der Waals surface area contributed by atoms with Crippen molar-refractivity contribution in [2.75, 3.05) is 11.4 Å². The molecule has 0 amide bonds. The minimum absolute atomic E-state index is 0.175. The minimum Gasteiger partial charge on any atom is -0.344 e. The van der Waals surface area contributed by atoms with Gasteiger partial charge in [-0.05, 0) is 30.2 Å². The molecule has 0 N–H and O–H groups in total. The largest absolute Gasteiger partial charge is 0.344 e. The number of hydrogen-bond donors (Lipinski definition) is 0. The molecule has 4 rings (SSSR count). The van der Waals surface area contributed by atoms with E-state index < -0.39 is 0 Å². The van der Waals surface area contributed by atoms with E-state index in [1.807, 2.05) is 6.08 Å². The summed E-state index contributed by atoms with van der Waals surface area (Å²) < 4.78 is 0. The zero-order valence-electron chi connectivity index (χ0n) is 16.7. The zero-order chi connectivity index (χ0) is 19.9. The van der Waals surface area contributed by atoms with Crippen LogP contribution in [0.15, 0.2) is 72.0 Å². The molecule has 28 heavy (non-hydrogen) atoms. The third-order valence-corrected chi connectivity index (χ3v) is 5.85. The van der Waals surface area contributed by atoms with E-state index in [0.29, 0.717) is 11.1 Å². The molecule has 2 aromatic rings. The summed E-state index contributed by atoms with van der Waals surface area (Å²) in [5.41, 5.74) is 4.73. The number of hydrogen-bond acceptors (Lipinski definition) is 3. The molecule has 0 atom stereocenters. The Morgan fingerprint density at radius 1 is 0.893 bits per heavy atom. The highest BCUT2D eigenvalue weighted by Crippen LogP contribution is 2.47. The van der Waals surface area contributed by atoms with Crippen molar-refractivity contribution in [2.24, 2.45) is 0 Å². The molecule has 1 heterocycles. The fourth-order valence-corrected chi connectivity index (χ4v) is 4.28. The van der Waals surface area contributed by atoms with Gasteiger partial charge in [-0.3, -0.25) is 9.59 Å². The van der Waals surface area contributed by atoms with Crippen LogP contribution in [0.5, 0.6) is 0 Å². The van der Waals surface area contributed by atoms with Gasteiger partial charge in [0.1, 0.15) is 0 Å². The molecule has 0 fully saturated rings. The number of para-hydroxylation sites is 1. The highest BCUT2D eigenvalue weighted by Gasteiger charge is 2.39. The monoisotopic (exact) mass is 371 g/mol. The van der Waals surface area contributed by atoms with Crippen LogP contribution in [-0.2, 0) is 5.41 Å². The normalized spacial score (nSPS) is 18.6. The lowest BCUT2D eigenvalue weighted by molar-refractivity contribution is 0.0989. The fourth-order valence-electron chi connectivity index (χ4n) is 4.28. The number of fused-ring (bicyclic) bond motifs is 2. The van der Waals surface area contributed by atoms with E-state index in [4.69, 9.17) is 0 Å². The van der Waals surface area contributed by atoms with Crippen molar-refractivity contribution in [1.29, 1.82) is 0 Å². The summed E-state index contributed by atoms with van der Waals surface area (Å²) in [5.74, 6) is -0.350. The van der Waals surface area contributed by atoms with Gasteiger partial charge < -0.3 is 4.90 Å². The predicted octanol–water partition coefficient (Wildman–Crippen LogP) is 5.47. The predicted molar refractivity (Wildman–Crippen MR) is 113 cm³/mol. The molecule has 0 radical (unpaired) electrons. The van der Waals surface area contributed by atoms with Crippen LogP contribution in [0, 0.1) is 0 Å². The molecule has 0 saturated heterocycles. The number of benzene rings is 2. The number of carbonyl (C=O) groups excluding carboxylic acids is 2. The third-order valence-electron chi connectivity index (χ3n) is 5.85. The number of nitrogens with zero attached hydrogens (tertiary/aromatic N) is 1. The smallest absolute Gasteiger partial charge is 0.197 e. The van der Waals surface area contributed by atoms with Gasteiger partial charge in [0.2, 0.25) is 0 Å². The van der Waals surface area contributed by atoms with Crippen LogP contribution < -0.4 is 4.90 Å². The number of rotatable bonds is 4. The second-order valence-electron chi connectivity index (χ2n) is 7.98. The summed E-state index contributed by atoms with van der Waals surface area (Å²) in [6.45, 7) is 7.52. The van der Waals surface area contributed by atoms with Gasteiger partial charge in [0, 0.05) is 34.5 Å². The molecule has 0 bridgehead atoms. The molecule has 0 unspecified atom stereocenters. The van der Waals surface area contributed by atoms with Gasteiger partial charge >= 0.3 is 0 Å². The summed E-state index contributed by atoms with van der Waals surface area (Å²) in [5, 5.41) is 0. The molecule has 0 aromatic heterocycles. The second kappa shape index (κ2) is 6.90. The lowest BCUT2D eigenvalue weighted by Crippen LogP contribution is -2.27. The maximum atomic E-state index is 12.7. The molecule has 3 nitrogen and oxygen atoms in total. The average molecular weight is 371 g/mol. The van der Waals surface area contributed by atoms with Crippen molar-refractivity contribution in [2.45, 2.75) is 39.0 Å². The standard InChI is InChI=1S/C25H25NO2/c1-4-5-16-26-21-13-9-8-12-20(21)25(2,3)22(26)15-14-19-23(27)17-10-6-7-11-18(17)24(19)28/h6-15H,4-5,16H2,1-3H3/b22-15-. The molecular weight excluding hydrogens is 346 g/mol. The molecule has 2 aliphatic rings. The molecule has 1 aliphatic heterocycles. The lowest BCUT2D eigenvalue weighted by atomic mass is 9.83. The number of unbranched alkanes of at least 4 members (excludes halogenated alkanes) is 1. The lowest BCUT2D eigenvalue weighted by Gasteiger charge is -2.27. The zero-order valence-corrected chi connectivity index (χ0v) is 16.7. The Morgan fingerprint density at radius 2 is 1.50 bits per heavy atom. The van der Waals surface area contributed by atoms with Crippen LogP contribution in [0.4, 0.5) is 5.69 Å². The van der Waals surface area contributed by atoms with E-state index >= 15 is 0 Å². The van der Waals surface area contributed by atoms with Gasteiger partial charge in [-0.25, -0.2) is 0 Å². The van der Waals surface area contributed by atoms with Crippen LogP contribution in [0.25, 0.3) is 0 Å². The second-order valence-corrected chi connectivity index (χ2v) is 7.98. The molecule has 142 valence electrons. The summed E-state index contributed by atoms with van der Waals surface area (Å²) >= 11 is 0. The van der Waals surface area contributed by atoms with Gasteiger partial charge in [0.15, 0.2) is 11.6 Å². The van der Waals surface area contributed by atoms with Gasteiger partial charge in [-0.2, -0.15) is 0 Å². The first-order valence-corrected chi connectivity index (χ1v) is 9.94. The molecule has 0 saturated carbocycles.